The minimum atomic E-state index is -1.08. The van der Waals surface area contributed by atoms with E-state index >= 15 is 0 Å². The number of carbonyl (C=O) groups excluding carboxylic acids is 1. The van der Waals surface area contributed by atoms with Crippen LogP contribution >= 0.6 is 15.9 Å². The summed E-state index contributed by atoms with van der Waals surface area (Å²) < 4.78 is 0.874. The van der Waals surface area contributed by atoms with Crippen LogP contribution in [-0.2, 0) is 4.79 Å². The lowest BCUT2D eigenvalue weighted by Gasteiger charge is -2.22. The molecule has 0 aliphatic heterocycles. The molecule has 1 aromatic rings. The normalized spacial score (nSPS) is 12.3. The summed E-state index contributed by atoms with van der Waals surface area (Å²) in [7, 11) is 0. The fourth-order valence-corrected chi connectivity index (χ4v) is 1.94. The second-order valence-electron chi connectivity index (χ2n) is 4.58. The largest absolute Gasteiger partial charge is 0.409 e. The van der Waals surface area contributed by atoms with Crippen molar-refractivity contribution in [2.24, 2.45) is 16.3 Å². The SMILES string of the molecule is Cc1cc(Br)cc(NC(=O)C(C)(C)/C(N)=N/O)c1. The van der Waals surface area contributed by atoms with Crippen LogP contribution in [0.5, 0.6) is 0 Å². The van der Waals surface area contributed by atoms with Crippen LogP contribution in [0.15, 0.2) is 27.8 Å². The van der Waals surface area contributed by atoms with Gasteiger partial charge in [0.05, 0.1) is 0 Å². The van der Waals surface area contributed by atoms with Crippen molar-refractivity contribution < 1.29 is 10.0 Å². The van der Waals surface area contributed by atoms with Crippen molar-refractivity contribution in [2.45, 2.75) is 20.8 Å². The van der Waals surface area contributed by atoms with Crippen LogP contribution in [0.4, 0.5) is 5.69 Å². The summed E-state index contributed by atoms with van der Waals surface area (Å²) in [6, 6.07) is 5.56. The minimum absolute atomic E-state index is 0.133. The standard InChI is InChI=1S/C12H16BrN3O2/c1-7-4-8(13)6-9(5-7)15-11(17)12(2,3)10(14)16-18/h4-6,18H,1-3H3,(H2,14,16)(H,15,17). The smallest absolute Gasteiger partial charge is 0.237 e. The van der Waals surface area contributed by atoms with Crippen LogP contribution in [0.1, 0.15) is 19.4 Å². The molecular formula is C12H16BrN3O2. The van der Waals surface area contributed by atoms with Gasteiger partial charge in [-0.2, -0.15) is 0 Å². The Morgan fingerprint density at radius 3 is 2.56 bits per heavy atom. The molecule has 0 bridgehead atoms. The average Bonchev–Trinajstić information content (AvgIpc) is 2.26. The lowest BCUT2D eigenvalue weighted by molar-refractivity contribution is -0.121. The van der Waals surface area contributed by atoms with E-state index in [0.717, 1.165) is 10.0 Å². The highest BCUT2D eigenvalue weighted by Gasteiger charge is 2.32. The Morgan fingerprint density at radius 2 is 2.06 bits per heavy atom. The summed E-state index contributed by atoms with van der Waals surface area (Å²) in [6.07, 6.45) is 0. The zero-order chi connectivity index (χ0) is 13.9. The summed E-state index contributed by atoms with van der Waals surface area (Å²) in [5.41, 5.74) is 6.09. The van der Waals surface area contributed by atoms with Gasteiger partial charge in [0.1, 0.15) is 5.41 Å². The molecular weight excluding hydrogens is 298 g/mol. The molecule has 18 heavy (non-hydrogen) atoms. The number of carbonyl (C=O) groups is 1. The lowest BCUT2D eigenvalue weighted by Crippen LogP contribution is -2.42. The summed E-state index contributed by atoms with van der Waals surface area (Å²) in [4.78, 5) is 12.1. The average molecular weight is 314 g/mol. The molecule has 0 spiro atoms. The van der Waals surface area contributed by atoms with Gasteiger partial charge >= 0.3 is 0 Å². The number of nitrogens with one attached hydrogen (secondary N) is 1. The zero-order valence-electron chi connectivity index (χ0n) is 10.5. The van der Waals surface area contributed by atoms with E-state index in [1.165, 1.54) is 0 Å². The number of halogens is 1. The van der Waals surface area contributed by atoms with Crippen LogP contribution in [0.3, 0.4) is 0 Å². The number of hydrogen-bond donors (Lipinski definition) is 3. The van der Waals surface area contributed by atoms with Gasteiger partial charge in [-0.1, -0.05) is 21.1 Å². The highest BCUT2D eigenvalue weighted by molar-refractivity contribution is 9.10. The molecule has 0 aliphatic rings. The first-order chi connectivity index (χ1) is 8.27. The second kappa shape index (κ2) is 5.39. The van der Waals surface area contributed by atoms with Crippen LogP contribution in [-0.4, -0.2) is 17.0 Å². The number of hydrogen-bond acceptors (Lipinski definition) is 3. The predicted molar refractivity (Wildman–Crippen MR) is 74.7 cm³/mol. The zero-order valence-corrected chi connectivity index (χ0v) is 12.1. The van der Waals surface area contributed by atoms with Crippen LogP contribution < -0.4 is 11.1 Å². The number of anilines is 1. The van der Waals surface area contributed by atoms with Gasteiger partial charge in [-0.3, -0.25) is 4.79 Å². The Bertz CT molecular complexity index is 478. The molecule has 0 saturated carbocycles. The molecule has 0 saturated heterocycles. The van der Waals surface area contributed by atoms with Crippen molar-refractivity contribution in [3.8, 4) is 0 Å². The van der Waals surface area contributed by atoms with E-state index in [-0.39, 0.29) is 11.7 Å². The molecule has 1 aromatic carbocycles. The van der Waals surface area contributed by atoms with Crippen molar-refractivity contribution in [2.75, 3.05) is 5.32 Å². The van der Waals surface area contributed by atoms with E-state index in [4.69, 9.17) is 10.9 Å². The van der Waals surface area contributed by atoms with Crippen molar-refractivity contribution in [1.29, 1.82) is 0 Å². The van der Waals surface area contributed by atoms with Gasteiger partial charge in [-0.05, 0) is 44.5 Å². The Labute approximate surface area is 114 Å². The van der Waals surface area contributed by atoms with E-state index < -0.39 is 5.41 Å². The monoisotopic (exact) mass is 313 g/mol. The third kappa shape index (κ3) is 3.22. The molecule has 5 nitrogen and oxygen atoms in total. The first-order valence-corrected chi connectivity index (χ1v) is 6.13. The van der Waals surface area contributed by atoms with E-state index in [0.29, 0.717) is 5.69 Å². The molecule has 1 amide bonds. The molecule has 0 heterocycles. The highest BCUT2D eigenvalue weighted by Crippen LogP contribution is 2.22. The molecule has 0 aromatic heterocycles. The van der Waals surface area contributed by atoms with E-state index in [2.05, 4.69) is 26.4 Å². The highest BCUT2D eigenvalue weighted by atomic mass is 79.9. The molecule has 0 atom stereocenters. The maximum absolute atomic E-state index is 12.1. The summed E-state index contributed by atoms with van der Waals surface area (Å²) in [5, 5.41) is 14.3. The number of benzene rings is 1. The van der Waals surface area contributed by atoms with Gasteiger partial charge in [0.15, 0.2) is 5.84 Å². The molecule has 6 heteroatoms. The second-order valence-corrected chi connectivity index (χ2v) is 5.50. The van der Waals surface area contributed by atoms with Crippen molar-refractivity contribution in [3.05, 3.63) is 28.2 Å². The van der Waals surface area contributed by atoms with Gasteiger partial charge in [0.25, 0.3) is 0 Å². The van der Waals surface area contributed by atoms with Crippen molar-refractivity contribution >= 4 is 33.4 Å². The number of amidine groups is 1. The maximum atomic E-state index is 12.1. The van der Waals surface area contributed by atoms with E-state index in [1.54, 1.807) is 19.9 Å². The quantitative estimate of drug-likeness (QED) is 0.347. The van der Waals surface area contributed by atoms with Crippen LogP contribution in [0.25, 0.3) is 0 Å². The third-order valence-corrected chi connectivity index (χ3v) is 3.07. The first kappa shape index (κ1) is 14.5. The first-order valence-electron chi connectivity index (χ1n) is 5.34. The van der Waals surface area contributed by atoms with E-state index in [9.17, 15) is 4.79 Å². The molecule has 0 unspecified atom stereocenters. The number of rotatable bonds is 3. The minimum Gasteiger partial charge on any atom is -0.409 e. The Hall–Kier alpha value is -1.56. The van der Waals surface area contributed by atoms with Gasteiger partial charge in [0, 0.05) is 10.2 Å². The molecule has 1 rings (SSSR count). The predicted octanol–water partition coefficient (Wildman–Crippen LogP) is 2.47. The van der Waals surface area contributed by atoms with Crippen molar-refractivity contribution in [1.82, 2.24) is 0 Å². The van der Waals surface area contributed by atoms with E-state index in [1.807, 2.05) is 19.1 Å². The number of nitrogens with two attached hydrogens (primary N) is 1. The maximum Gasteiger partial charge on any atom is 0.237 e. The third-order valence-electron chi connectivity index (χ3n) is 2.62. The molecule has 0 radical (unpaired) electrons. The fourth-order valence-electron chi connectivity index (χ4n) is 1.34. The number of oxime groups is 1. The van der Waals surface area contributed by atoms with Crippen LogP contribution in [0, 0.1) is 12.3 Å². The Balaban J connectivity index is 2.94. The topological polar surface area (TPSA) is 87.7 Å². The van der Waals surface area contributed by atoms with Crippen molar-refractivity contribution in [3.63, 3.8) is 0 Å². The number of aryl methyl sites for hydroxylation is 1. The molecule has 0 aliphatic carbocycles. The Kier molecular flexibility index (Phi) is 4.34. The van der Waals surface area contributed by atoms with Gasteiger partial charge in [-0.15, -0.1) is 0 Å². The number of amides is 1. The molecule has 4 N–H and O–H groups in total. The van der Waals surface area contributed by atoms with Gasteiger partial charge < -0.3 is 16.3 Å². The summed E-state index contributed by atoms with van der Waals surface area (Å²) in [6.45, 7) is 5.10. The number of nitrogens with zero attached hydrogens (tertiary/aromatic N) is 1. The molecule has 98 valence electrons. The lowest BCUT2D eigenvalue weighted by atomic mass is 9.91. The summed E-state index contributed by atoms with van der Waals surface area (Å²) >= 11 is 3.36. The summed E-state index contributed by atoms with van der Waals surface area (Å²) in [5.74, 6) is -0.470. The van der Waals surface area contributed by atoms with Crippen LogP contribution in [0.2, 0.25) is 0 Å². The molecule has 0 fully saturated rings. The Morgan fingerprint density at radius 1 is 1.44 bits per heavy atom. The van der Waals surface area contributed by atoms with Gasteiger partial charge in [0.2, 0.25) is 5.91 Å². The van der Waals surface area contributed by atoms with Gasteiger partial charge in [-0.25, -0.2) is 0 Å². The fraction of sp³-hybridized carbons (Fsp3) is 0.333.